The molecular formula is C31H33F4N3O3. The topological polar surface area (TPSA) is 79.5 Å². The van der Waals surface area contributed by atoms with E-state index in [1.54, 1.807) is 6.07 Å². The first-order valence-corrected chi connectivity index (χ1v) is 14.2. The van der Waals surface area contributed by atoms with Crippen LogP contribution in [-0.2, 0) is 11.0 Å². The van der Waals surface area contributed by atoms with Gasteiger partial charge in [0.05, 0.1) is 24.2 Å². The van der Waals surface area contributed by atoms with Gasteiger partial charge in [-0.25, -0.2) is 4.39 Å². The first-order chi connectivity index (χ1) is 19.6. The van der Waals surface area contributed by atoms with E-state index in [0.29, 0.717) is 35.3 Å². The molecule has 3 saturated carbocycles. The molecule has 4 fully saturated rings. The zero-order valence-electron chi connectivity index (χ0n) is 22.7. The van der Waals surface area contributed by atoms with Gasteiger partial charge in [-0.1, -0.05) is 17.7 Å². The molecule has 0 radical (unpaired) electrons. The molecule has 2 aromatic rings. The number of rotatable bonds is 7. The van der Waals surface area contributed by atoms with Crippen LogP contribution in [-0.4, -0.2) is 38.1 Å². The van der Waals surface area contributed by atoms with E-state index in [0.717, 1.165) is 62.4 Å². The maximum atomic E-state index is 13.9. The molecule has 1 saturated heterocycles. The van der Waals surface area contributed by atoms with Crippen LogP contribution in [0.25, 0.3) is 0 Å². The fourth-order valence-electron chi connectivity index (χ4n) is 6.93. The molecule has 5 atom stereocenters. The zero-order valence-corrected chi connectivity index (χ0v) is 22.7. The molecule has 2 amide bonds. The minimum absolute atomic E-state index is 0.0348. The highest BCUT2D eigenvalue weighted by atomic mass is 19.4. The van der Waals surface area contributed by atoms with E-state index in [1.165, 1.54) is 7.11 Å². The summed E-state index contributed by atoms with van der Waals surface area (Å²) in [6, 6.07) is 7.52. The van der Waals surface area contributed by atoms with E-state index in [1.807, 2.05) is 12.1 Å². The lowest BCUT2D eigenvalue weighted by Crippen LogP contribution is -2.48. The van der Waals surface area contributed by atoms with Crippen LogP contribution < -0.4 is 20.7 Å². The second-order valence-corrected chi connectivity index (χ2v) is 11.7. The van der Waals surface area contributed by atoms with Crippen molar-refractivity contribution < 1.29 is 31.9 Å². The lowest BCUT2D eigenvalue weighted by Gasteiger charge is -2.30. The highest BCUT2D eigenvalue weighted by Crippen LogP contribution is 2.54. The van der Waals surface area contributed by atoms with Gasteiger partial charge >= 0.3 is 6.18 Å². The van der Waals surface area contributed by atoms with Crippen molar-refractivity contribution in [3.63, 3.8) is 0 Å². The Bertz CT molecular complexity index is 1380. The first-order valence-electron chi connectivity index (χ1n) is 14.2. The molecule has 218 valence electrons. The van der Waals surface area contributed by atoms with Crippen LogP contribution in [0.3, 0.4) is 0 Å². The molecule has 1 heterocycles. The number of methoxy groups -OCH3 is 1. The van der Waals surface area contributed by atoms with Crippen molar-refractivity contribution in [1.82, 2.24) is 10.6 Å². The average Bonchev–Trinajstić information content (AvgIpc) is 3.31. The third kappa shape index (κ3) is 5.46. The lowest BCUT2D eigenvalue weighted by molar-refractivity contribution is -0.140. The van der Waals surface area contributed by atoms with Gasteiger partial charge in [0.1, 0.15) is 11.6 Å². The molecule has 2 bridgehead atoms. The highest BCUT2D eigenvalue weighted by molar-refractivity contribution is 5.99. The predicted octanol–water partition coefficient (Wildman–Crippen LogP) is 5.66. The van der Waals surface area contributed by atoms with Gasteiger partial charge in [-0.3, -0.25) is 9.59 Å². The van der Waals surface area contributed by atoms with E-state index >= 15 is 0 Å². The van der Waals surface area contributed by atoms with Crippen molar-refractivity contribution in [2.24, 2.45) is 23.7 Å². The fraction of sp³-hybridized carbons (Fsp3) is 0.484. The van der Waals surface area contributed by atoms with Gasteiger partial charge in [-0.05, 0) is 92.3 Å². The fourth-order valence-corrected chi connectivity index (χ4v) is 6.93. The van der Waals surface area contributed by atoms with Gasteiger partial charge in [0.2, 0.25) is 5.91 Å². The Morgan fingerprint density at radius 2 is 1.80 bits per heavy atom. The number of hydrogen-bond acceptors (Lipinski definition) is 4. The van der Waals surface area contributed by atoms with Crippen LogP contribution >= 0.6 is 0 Å². The minimum atomic E-state index is -4.89. The van der Waals surface area contributed by atoms with E-state index < -0.39 is 35.4 Å². The summed E-state index contributed by atoms with van der Waals surface area (Å²) in [5.41, 5.74) is 1.01. The smallest absolute Gasteiger partial charge is 0.419 e. The third-order valence-corrected chi connectivity index (χ3v) is 9.09. The van der Waals surface area contributed by atoms with Gasteiger partial charge in [0, 0.05) is 24.2 Å². The molecule has 6 nitrogen and oxygen atoms in total. The highest BCUT2D eigenvalue weighted by Gasteiger charge is 2.55. The van der Waals surface area contributed by atoms with Gasteiger partial charge < -0.3 is 20.7 Å². The Morgan fingerprint density at radius 1 is 1.02 bits per heavy atom. The number of hydrogen-bond donors (Lipinski definition) is 3. The second-order valence-electron chi connectivity index (χ2n) is 11.7. The van der Waals surface area contributed by atoms with Crippen molar-refractivity contribution in [2.45, 2.75) is 50.2 Å². The lowest BCUT2D eigenvalue weighted by atomic mass is 9.83. The summed E-state index contributed by atoms with van der Waals surface area (Å²) < 4.78 is 59.3. The minimum Gasteiger partial charge on any atom is -0.496 e. The van der Waals surface area contributed by atoms with E-state index in [4.69, 9.17) is 4.74 Å². The van der Waals surface area contributed by atoms with Crippen molar-refractivity contribution in [3.8, 4) is 5.75 Å². The summed E-state index contributed by atoms with van der Waals surface area (Å²) in [5.74, 6) is -1.87. The number of alkyl halides is 3. The summed E-state index contributed by atoms with van der Waals surface area (Å²) in [4.78, 5) is 27.4. The molecular weight excluding hydrogens is 538 g/mol. The maximum Gasteiger partial charge on any atom is 0.419 e. The largest absolute Gasteiger partial charge is 0.496 e. The normalized spacial score (nSPS) is 28.2. The SMILES string of the molecule is COc1ccc(C2CCNC2)cc1C(=O)NC1C2CCC(C2=CC2CC2)C1C(=O)Nc1ccc(F)c(C(F)(F)F)c1. The molecule has 4 aliphatic rings. The summed E-state index contributed by atoms with van der Waals surface area (Å²) >= 11 is 0. The zero-order chi connectivity index (χ0) is 28.9. The van der Waals surface area contributed by atoms with Gasteiger partial charge in [0.25, 0.3) is 5.91 Å². The molecule has 41 heavy (non-hydrogen) atoms. The number of ether oxygens (including phenoxy) is 1. The standard InChI is InChI=1S/C31H33F4N3O3/c1-41-26-9-4-17(18-10-11-36-15-18)13-23(26)29(39)38-28-21-7-6-20(22(21)12-16-2-3-16)27(28)30(40)37-19-5-8-25(32)24(14-19)31(33,34)35/h4-5,8-9,12-14,16,18,20-21,27-28,36H,2-3,6-7,10-11,15H2,1H3,(H,37,40)(H,38,39). The van der Waals surface area contributed by atoms with Crippen LogP contribution in [0.5, 0.6) is 5.75 Å². The number of nitrogens with one attached hydrogen (secondary N) is 3. The van der Waals surface area contributed by atoms with Crippen LogP contribution in [0, 0.1) is 29.5 Å². The van der Waals surface area contributed by atoms with Crippen molar-refractivity contribution in [2.75, 3.05) is 25.5 Å². The Morgan fingerprint density at radius 3 is 2.49 bits per heavy atom. The van der Waals surface area contributed by atoms with Gasteiger partial charge in [-0.2, -0.15) is 13.2 Å². The Kier molecular flexibility index (Phi) is 7.30. The summed E-state index contributed by atoms with van der Waals surface area (Å²) in [5, 5.41) is 9.06. The summed E-state index contributed by atoms with van der Waals surface area (Å²) in [6.45, 7) is 1.74. The molecule has 1 aliphatic heterocycles. The number of benzene rings is 2. The quantitative estimate of drug-likeness (QED) is 0.296. The number of fused-ring (bicyclic) bond motifs is 2. The monoisotopic (exact) mass is 571 g/mol. The third-order valence-electron chi connectivity index (χ3n) is 9.09. The Hall–Kier alpha value is -3.40. The molecule has 10 heteroatoms. The first kappa shape index (κ1) is 27.8. The molecule has 0 aromatic heterocycles. The van der Waals surface area contributed by atoms with Gasteiger partial charge in [-0.15, -0.1) is 0 Å². The van der Waals surface area contributed by atoms with E-state index in [2.05, 4.69) is 22.0 Å². The number of anilines is 1. The summed E-state index contributed by atoms with van der Waals surface area (Å²) in [7, 11) is 1.51. The number of amides is 2. The molecule has 3 aliphatic carbocycles. The predicted molar refractivity (Wildman–Crippen MR) is 145 cm³/mol. The van der Waals surface area contributed by atoms with Crippen LogP contribution in [0.2, 0.25) is 0 Å². The number of carbonyl (C=O) groups excluding carboxylic acids is 2. The molecule has 2 aromatic carbocycles. The van der Waals surface area contributed by atoms with Crippen LogP contribution in [0.4, 0.5) is 23.2 Å². The average molecular weight is 572 g/mol. The van der Waals surface area contributed by atoms with E-state index in [9.17, 15) is 27.2 Å². The summed E-state index contributed by atoms with van der Waals surface area (Å²) in [6.07, 6.45) is 2.07. The number of carbonyl (C=O) groups is 2. The number of halogens is 4. The van der Waals surface area contributed by atoms with Crippen LogP contribution in [0.1, 0.15) is 59.5 Å². The van der Waals surface area contributed by atoms with E-state index in [-0.39, 0.29) is 23.4 Å². The Labute approximate surface area is 235 Å². The second kappa shape index (κ2) is 10.8. The van der Waals surface area contributed by atoms with Crippen molar-refractivity contribution in [1.29, 1.82) is 0 Å². The molecule has 5 unspecified atom stereocenters. The molecule has 6 rings (SSSR count). The molecule has 0 spiro atoms. The number of allylic oxidation sites excluding steroid dienone is 1. The molecule has 3 N–H and O–H groups in total. The van der Waals surface area contributed by atoms with Crippen LogP contribution in [0.15, 0.2) is 48.0 Å². The van der Waals surface area contributed by atoms with Gasteiger partial charge in [0.15, 0.2) is 0 Å². The van der Waals surface area contributed by atoms with Crippen molar-refractivity contribution in [3.05, 3.63) is 70.6 Å². The van der Waals surface area contributed by atoms with Crippen molar-refractivity contribution >= 4 is 17.5 Å². The Balaban J connectivity index is 1.28. The maximum absolute atomic E-state index is 13.9.